The maximum Gasteiger partial charge on any atom is 0.142 e. The Hall–Kier alpha value is -1.69. The standard InChI is InChI=1S/C15H20BrN3O2/c1-5-19-13(15(16)10(2)18-19)9-17-12-8-11(20-3)6-7-14(12)21-4/h6-8,17H,5,9H2,1-4H3. The van der Waals surface area contributed by atoms with Crippen LogP contribution >= 0.6 is 15.9 Å². The minimum atomic E-state index is 0.652. The summed E-state index contributed by atoms with van der Waals surface area (Å²) in [6.07, 6.45) is 0. The third-order valence-electron chi connectivity index (χ3n) is 3.31. The molecule has 114 valence electrons. The predicted molar refractivity (Wildman–Crippen MR) is 87.2 cm³/mol. The van der Waals surface area contributed by atoms with E-state index in [1.54, 1.807) is 14.2 Å². The van der Waals surface area contributed by atoms with Crippen LogP contribution in [0.5, 0.6) is 11.5 Å². The van der Waals surface area contributed by atoms with Crippen LogP contribution in [0.2, 0.25) is 0 Å². The van der Waals surface area contributed by atoms with E-state index < -0.39 is 0 Å². The summed E-state index contributed by atoms with van der Waals surface area (Å²) in [6, 6.07) is 5.69. The fraction of sp³-hybridized carbons (Fsp3) is 0.400. The number of rotatable bonds is 6. The summed E-state index contributed by atoms with van der Waals surface area (Å²) in [5.74, 6) is 1.57. The summed E-state index contributed by atoms with van der Waals surface area (Å²) in [5, 5.41) is 7.88. The van der Waals surface area contributed by atoms with Gasteiger partial charge in [0.15, 0.2) is 0 Å². The van der Waals surface area contributed by atoms with Crippen LogP contribution in [0.1, 0.15) is 18.3 Å². The van der Waals surface area contributed by atoms with Gasteiger partial charge in [-0.2, -0.15) is 5.10 Å². The number of halogens is 1. The summed E-state index contributed by atoms with van der Waals surface area (Å²) in [6.45, 7) is 5.55. The van der Waals surface area contributed by atoms with Crippen LogP contribution in [0.25, 0.3) is 0 Å². The average molecular weight is 354 g/mol. The quantitative estimate of drug-likeness (QED) is 0.861. The van der Waals surface area contributed by atoms with E-state index in [2.05, 4.69) is 33.3 Å². The van der Waals surface area contributed by atoms with E-state index in [0.29, 0.717) is 6.54 Å². The van der Waals surface area contributed by atoms with Gasteiger partial charge in [0, 0.05) is 12.6 Å². The van der Waals surface area contributed by atoms with E-state index in [1.807, 2.05) is 29.8 Å². The number of aryl methyl sites for hydroxylation is 2. The molecule has 21 heavy (non-hydrogen) atoms. The van der Waals surface area contributed by atoms with Gasteiger partial charge in [0.1, 0.15) is 11.5 Å². The molecule has 0 aliphatic rings. The molecule has 0 aliphatic heterocycles. The van der Waals surface area contributed by atoms with Gasteiger partial charge in [-0.15, -0.1) is 0 Å². The monoisotopic (exact) mass is 353 g/mol. The summed E-state index contributed by atoms with van der Waals surface area (Å²) >= 11 is 3.60. The molecule has 1 N–H and O–H groups in total. The maximum absolute atomic E-state index is 5.37. The lowest BCUT2D eigenvalue weighted by Gasteiger charge is -2.13. The summed E-state index contributed by atoms with van der Waals surface area (Å²) in [4.78, 5) is 0. The topological polar surface area (TPSA) is 48.3 Å². The van der Waals surface area contributed by atoms with E-state index >= 15 is 0 Å². The zero-order valence-corrected chi connectivity index (χ0v) is 14.3. The number of hydrogen-bond donors (Lipinski definition) is 1. The molecular formula is C15H20BrN3O2. The predicted octanol–water partition coefficient (Wildman–Crippen LogP) is 3.60. The second-order valence-electron chi connectivity index (χ2n) is 4.58. The van der Waals surface area contributed by atoms with Crippen LogP contribution in [-0.4, -0.2) is 24.0 Å². The molecule has 0 saturated heterocycles. The molecule has 0 radical (unpaired) electrons. The smallest absolute Gasteiger partial charge is 0.142 e. The molecule has 0 bridgehead atoms. The minimum absolute atomic E-state index is 0.652. The molecule has 0 spiro atoms. The van der Waals surface area contributed by atoms with Crippen molar-refractivity contribution in [3.63, 3.8) is 0 Å². The van der Waals surface area contributed by atoms with E-state index in [4.69, 9.17) is 9.47 Å². The lowest BCUT2D eigenvalue weighted by Crippen LogP contribution is -2.09. The molecule has 0 aliphatic carbocycles. The molecule has 1 aromatic carbocycles. The highest BCUT2D eigenvalue weighted by Gasteiger charge is 2.13. The largest absolute Gasteiger partial charge is 0.497 e. The first kappa shape index (κ1) is 15.7. The van der Waals surface area contributed by atoms with Crippen LogP contribution in [0.3, 0.4) is 0 Å². The molecule has 1 heterocycles. The Morgan fingerprint density at radius 1 is 1.29 bits per heavy atom. The van der Waals surface area contributed by atoms with Crippen molar-refractivity contribution >= 4 is 21.6 Å². The number of nitrogens with zero attached hydrogens (tertiary/aromatic N) is 2. The second kappa shape index (κ2) is 6.85. The Labute approximate surface area is 133 Å². The van der Waals surface area contributed by atoms with Crippen molar-refractivity contribution in [2.24, 2.45) is 0 Å². The summed E-state index contributed by atoms with van der Waals surface area (Å²) in [5.41, 5.74) is 3.00. The summed E-state index contributed by atoms with van der Waals surface area (Å²) in [7, 11) is 3.31. The van der Waals surface area contributed by atoms with Crippen molar-refractivity contribution in [2.75, 3.05) is 19.5 Å². The van der Waals surface area contributed by atoms with Gasteiger partial charge >= 0.3 is 0 Å². The van der Waals surface area contributed by atoms with Gasteiger partial charge in [0.25, 0.3) is 0 Å². The number of hydrogen-bond acceptors (Lipinski definition) is 4. The molecule has 0 atom stereocenters. The number of benzene rings is 1. The second-order valence-corrected chi connectivity index (χ2v) is 5.37. The molecular weight excluding hydrogens is 334 g/mol. The third kappa shape index (κ3) is 3.32. The van der Waals surface area contributed by atoms with E-state index in [9.17, 15) is 0 Å². The van der Waals surface area contributed by atoms with Gasteiger partial charge in [0.2, 0.25) is 0 Å². The highest BCUT2D eigenvalue weighted by molar-refractivity contribution is 9.10. The minimum Gasteiger partial charge on any atom is -0.497 e. The van der Waals surface area contributed by atoms with Crippen LogP contribution in [0.4, 0.5) is 5.69 Å². The Morgan fingerprint density at radius 2 is 2.05 bits per heavy atom. The van der Waals surface area contributed by atoms with Crippen molar-refractivity contribution in [2.45, 2.75) is 26.9 Å². The molecule has 5 nitrogen and oxygen atoms in total. The van der Waals surface area contributed by atoms with Crippen LogP contribution in [0, 0.1) is 6.92 Å². The fourth-order valence-electron chi connectivity index (χ4n) is 2.17. The van der Waals surface area contributed by atoms with Gasteiger partial charge in [-0.05, 0) is 41.9 Å². The Balaban J connectivity index is 2.23. The van der Waals surface area contributed by atoms with Crippen molar-refractivity contribution in [3.8, 4) is 11.5 Å². The zero-order valence-electron chi connectivity index (χ0n) is 12.7. The highest BCUT2D eigenvalue weighted by Crippen LogP contribution is 2.30. The highest BCUT2D eigenvalue weighted by atomic mass is 79.9. The van der Waals surface area contributed by atoms with Crippen molar-refractivity contribution in [1.82, 2.24) is 9.78 Å². The molecule has 6 heteroatoms. The van der Waals surface area contributed by atoms with Crippen molar-refractivity contribution < 1.29 is 9.47 Å². The number of anilines is 1. The van der Waals surface area contributed by atoms with Crippen molar-refractivity contribution in [3.05, 3.63) is 34.1 Å². The molecule has 2 aromatic rings. The van der Waals surface area contributed by atoms with Crippen LogP contribution in [0.15, 0.2) is 22.7 Å². The van der Waals surface area contributed by atoms with E-state index in [-0.39, 0.29) is 0 Å². The van der Waals surface area contributed by atoms with Crippen LogP contribution < -0.4 is 14.8 Å². The van der Waals surface area contributed by atoms with Crippen molar-refractivity contribution in [1.29, 1.82) is 0 Å². The summed E-state index contributed by atoms with van der Waals surface area (Å²) < 4.78 is 13.7. The normalized spacial score (nSPS) is 10.5. The Morgan fingerprint density at radius 3 is 2.67 bits per heavy atom. The number of ether oxygens (including phenoxy) is 2. The van der Waals surface area contributed by atoms with E-state index in [1.165, 1.54) is 0 Å². The first-order valence-corrected chi connectivity index (χ1v) is 7.57. The Bertz CT molecular complexity index is 626. The van der Waals surface area contributed by atoms with Gasteiger partial charge in [-0.25, -0.2) is 0 Å². The zero-order chi connectivity index (χ0) is 15.4. The lowest BCUT2D eigenvalue weighted by atomic mass is 10.2. The third-order valence-corrected chi connectivity index (χ3v) is 4.34. The first-order valence-electron chi connectivity index (χ1n) is 6.78. The Kier molecular flexibility index (Phi) is 5.12. The molecule has 1 aromatic heterocycles. The number of nitrogens with one attached hydrogen (secondary N) is 1. The molecule has 0 fully saturated rings. The first-order chi connectivity index (χ1) is 10.1. The van der Waals surface area contributed by atoms with Gasteiger partial charge in [0.05, 0.1) is 42.3 Å². The van der Waals surface area contributed by atoms with E-state index in [0.717, 1.165) is 39.6 Å². The molecule has 2 rings (SSSR count). The number of aromatic nitrogens is 2. The van der Waals surface area contributed by atoms with Gasteiger partial charge < -0.3 is 14.8 Å². The molecule has 0 amide bonds. The molecule has 0 saturated carbocycles. The lowest BCUT2D eigenvalue weighted by molar-refractivity contribution is 0.404. The van der Waals surface area contributed by atoms with Crippen LogP contribution in [-0.2, 0) is 13.1 Å². The average Bonchev–Trinajstić information content (AvgIpc) is 2.79. The van der Waals surface area contributed by atoms with Gasteiger partial charge in [-0.3, -0.25) is 4.68 Å². The fourth-order valence-corrected chi connectivity index (χ4v) is 2.59. The number of methoxy groups -OCH3 is 2. The molecule has 0 unspecified atom stereocenters. The van der Waals surface area contributed by atoms with Gasteiger partial charge in [-0.1, -0.05) is 0 Å². The SMILES string of the molecule is CCn1nc(C)c(Br)c1CNc1cc(OC)ccc1OC. The maximum atomic E-state index is 5.37.